The summed E-state index contributed by atoms with van der Waals surface area (Å²) in [4.78, 5) is 12.7. The average molecular weight is 355 g/mol. The molecule has 8 heteroatoms. The molecule has 0 atom stereocenters. The molecule has 1 aliphatic heterocycles. The lowest BCUT2D eigenvalue weighted by Gasteiger charge is -2.35. The number of ether oxygens (including phenoxy) is 1. The summed E-state index contributed by atoms with van der Waals surface area (Å²) < 4.78 is 29.9. The highest BCUT2D eigenvalue weighted by atomic mass is 32.2. The fraction of sp³-hybridized carbons (Fsp3) is 0.562. The second kappa shape index (κ2) is 8.06. The average Bonchev–Trinajstić information content (AvgIpc) is 2.54. The SMILES string of the molecule is COCC1(C(=O)Nc2ccc(CNS(C)(=O)=O)cc2)CCNCC1. The quantitative estimate of drug-likeness (QED) is 0.669. The molecule has 1 saturated heterocycles. The smallest absolute Gasteiger partial charge is 0.233 e. The molecule has 3 N–H and O–H groups in total. The van der Waals surface area contributed by atoms with Gasteiger partial charge >= 0.3 is 0 Å². The van der Waals surface area contributed by atoms with Gasteiger partial charge in [-0.15, -0.1) is 0 Å². The summed E-state index contributed by atoms with van der Waals surface area (Å²) in [7, 11) is -1.61. The predicted octanol–water partition coefficient (Wildman–Crippen LogP) is 0.691. The largest absolute Gasteiger partial charge is 0.384 e. The van der Waals surface area contributed by atoms with E-state index in [1.165, 1.54) is 0 Å². The van der Waals surface area contributed by atoms with Crippen LogP contribution in [0.15, 0.2) is 24.3 Å². The number of piperidine rings is 1. The number of carbonyl (C=O) groups excluding carboxylic acids is 1. The van der Waals surface area contributed by atoms with Gasteiger partial charge in [0.1, 0.15) is 0 Å². The molecule has 1 aliphatic rings. The summed E-state index contributed by atoms with van der Waals surface area (Å²) in [6.45, 7) is 2.23. The second-order valence-corrected chi connectivity index (χ2v) is 8.04. The highest BCUT2D eigenvalue weighted by molar-refractivity contribution is 7.88. The zero-order chi connectivity index (χ0) is 17.6. The van der Waals surface area contributed by atoms with Crippen LogP contribution in [0, 0.1) is 5.41 Å². The Hall–Kier alpha value is -1.48. The molecule has 7 nitrogen and oxygen atoms in total. The van der Waals surface area contributed by atoms with Crippen molar-refractivity contribution in [3.63, 3.8) is 0 Å². The van der Waals surface area contributed by atoms with Gasteiger partial charge < -0.3 is 15.4 Å². The van der Waals surface area contributed by atoms with E-state index >= 15 is 0 Å². The minimum atomic E-state index is -3.22. The van der Waals surface area contributed by atoms with E-state index in [1.54, 1.807) is 31.4 Å². The van der Waals surface area contributed by atoms with E-state index in [-0.39, 0.29) is 12.5 Å². The Morgan fingerprint density at radius 3 is 2.42 bits per heavy atom. The number of benzene rings is 1. The molecular formula is C16H25N3O4S. The van der Waals surface area contributed by atoms with E-state index < -0.39 is 15.4 Å². The predicted molar refractivity (Wildman–Crippen MR) is 93.2 cm³/mol. The van der Waals surface area contributed by atoms with Crippen LogP contribution in [0.3, 0.4) is 0 Å². The van der Waals surface area contributed by atoms with E-state index in [1.807, 2.05) is 0 Å². The van der Waals surface area contributed by atoms with Gasteiger partial charge in [-0.25, -0.2) is 13.1 Å². The second-order valence-electron chi connectivity index (χ2n) is 6.21. The van der Waals surface area contributed by atoms with Crippen LogP contribution in [-0.4, -0.2) is 47.4 Å². The minimum Gasteiger partial charge on any atom is -0.384 e. The van der Waals surface area contributed by atoms with Gasteiger partial charge in [-0.05, 0) is 43.6 Å². The van der Waals surface area contributed by atoms with Gasteiger partial charge in [-0.1, -0.05) is 12.1 Å². The topological polar surface area (TPSA) is 96.5 Å². The molecule has 1 fully saturated rings. The maximum atomic E-state index is 12.7. The lowest BCUT2D eigenvalue weighted by Crippen LogP contribution is -2.47. The molecule has 134 valence electrons. The van der Waals surface area contributed by atoms with Crippen molar-refractivity contribution < 1.29 is 17.9 Å². The Balaban J connectivity index is 2.00. The van der Waals surface area contributed by atoms with Crippen LogP contribution in [0.1, 0.15) is 18.4 Å². The van der Waals surface area contributed by atoms with E-state index in [9.17, 15) is 13.2 Å². The maximum Gasteiger partial charge on any atom is 0.233 e. The summed E-state index contributed by atoms with van der Waals surface area (Å²) >= 11 is 0. The Bertz CT molecular complexity index is 647. The molecule has 0 saturated carbocycles. The molecule has 24 heavy (non-hydrogen) atoms. The first-order chi connectivity index (χ1) is 11.3. The van der Waals surface area contributed by atoms with Crippen LogP contribution in [0.2, 0.25) is 0 Å². The Morgan fingerprint density at radius 2 is 1.88 bits per heavy atom. The fourth-order valence-corrected chi connectivity index (χ4v) is 3.23. The first-order valence-corrected chi connectivity index (χ1v) is 9.78. The first kappa shape index (κ1) is 18.9. The Morgan fingerprint density at radius 1 is 1.25 bits per heavy atom. The molecule has 0 radical (unpaired) electrons. The molecule has 1 heterocycles. The lowest BCUT2D eigenvalue weighted by atomic mass is 9.78. The summed E-state index contributed by atoms with van der Waals surface area (Å²) in [5.74, 6) is -0.0344. The van der Waals surface area contributed by atoms with Crippen molar-refractivity contribution in [2.24, 2.45) is 5.41 Å². The van der Waals surface area contributed by atoms with E-state index in [2.05, 4.69) is 15.4 Å². The standard InChI is InChI=1S/C16H25N3O4S/c1-23-12-16(7-9-17-10-8-16)15(20)19-14-5-3-13(4-6-14)11-18-24(2,21)22/h3-6,17-18H,7-12H2,1-2H3,(H,19,20). The molecule has 0 aromatic heterocycles. The van der Waals surface area contributed by atoms with E-state index in [4.69, 9.17) is 4.74 Å². The Kier molecular flexibility index (Phi) is 6.34. The molecule has 1 aromatic carbocycles. The molecule has 0 unspecified atom stereocenters. The van der Waals surface area contributed by atoms with Crippen molar-refractivity contribution in [1.82, 2.24) is 10.0 Å². The molecule has 1 aromatic rings. The van der Waals surface area contributed by atoms with Crippen LogP contribution in [-0.2, 0) is 26.1 Å². The van der Waals surface area contributed by atoms with Crippen molar-refractivity contribution in [2.45, 2.75) is 19.4 Å². The number of hydrogen-bond acceptors (Lipinski definition) is 5. The van der Waals surface area contributed by atoms with Crippen molar-refractivity contribution in [2.75, 3.05) is 38.4 Å². The van der Waals surface area contributed by atoms with Gasteiger partial charge in [0.25, 0.3) is 0 Å². The van der Waals surface area contributed by atoms with E-state index in [0.717, 1.165) is 37.8 Å². The Labute approximate surface area is 143 Å². The monoisotopic (exact) mass is 355 g/mol. The number of nitrogens with one attached hydrogen (secondary N) is 3. The first-order valence-electron chi connectivity index (χ1n) is 7.89. The van der Waals surface area contributed by atoms with Crippen LogP contribution in [0.25, 0.3) is 0 Å². The summed E-state index contributed by atoms with van der Waals surface area (Å²) in [6.07, 6.45) is 2.60. The van der Waals surface area contributed by atoms with Crippen molar-refractivity contribution in [3.05, 3.63) is 29.8 Å². The molecular weight excluding hydrogens is 330 g/mol. The number of methoxy groups -OCH3 is 1. The minimum absolute atomic E-state index is 0.0344. The highest BCUT2D eigenvalue weighted by Crippen LogP contribution is 2.30. The molecule has 1 amide bonds. The molecule has 0 aliphatic carbocycles. The molecule has 2 rings (SSSR count). The van der Waals surface area contributed by atoms with Crippen molar-refractivity contribution >= 4 is 21.6 Å². The van der Waals surface area contributed by atoms with Gasteiger partial charge in [0.15, 0.2) is 0 Å². The van der Waals surface area contributed by atoms with Crippen molar-refractivity contribution in [3.8, 4) is 0 Å². The van der Waals surface area contributed by atoms with Crippen LogP contribution >= 0.6 is 0 Å². The summed E-state index contributed by atoms with van der Waals surface area (Å²) in [5, 5.41) is 6.21. The van der Waals surface area contributed by atoms with Crippen LogP contribution in [0.5, 0.6) is 0 Å². The van der Waals surface area contributed by atoms with Gasteiger partial charge in [0.05, 0.1) is 18.3 Å². The molecule has 0 spiro atoms. The zero-order valence-corrected chi connectivity index (χ0v) is 14.9. The normalized spacial score (nSPS) is 17.4. The third-order valence-electron chi connectivity index (χ3n) is 4.21. The van der Waals surface area contributed by atoms with Gasteiger partial charge in [0.2, 0.25) is 15.9 Å². The number of hydrogen-bond donors (Lipinski definition) is 3. The number of carbonyl (C=O) groups is 1. The number of anilines is 1. The fourth-order valence-electron chi connectivity index (χ4n) is 2.80. The summed E-state index contributed by atoms with van der Waals surface area (Å²) in [5.41, 5.74) is 1.01. The van der Waals surface area contributed by atoms with Gasteiger partial charge in [0, 0.05) is 19.3 Å². The van der Waals surface area contributed by atoms with E-state index in [0.29, 0.717) is 12.3 Å². The van der Waals surface area contributed by atoms with Crippen LogP contribution in [0.4, 0.5) is 5.69 Å². The van der Waals surface area contributed by atoms with Gasteiger partial charge in [-0.3, -0.25) is 4.79 Å². The third kappa shape index (κ3) is 5.27. The van der Waals surface area contributed by atoms with Crippen molar-refractivity contribution in [1.29, 1.82) is 0 Å². The summed E-state index contributed by atoms with van der Waals surface area (Å²) in [6, 6.07) is 7.13. The highest BCUT2D eigenvalue weighted by Gasteiger charge is 2.39. The number of rotatable bonds is 7. The third-order valence-corrected chi connectivity index (χ3v) is 4.88. The van der Waals surface area contributed by atoms with Crippen LogP contribution < -0.4 is 15.4 Å². The lowest BCUT2D eigenvalue weighted by molar-refractivity contribution is -0.130. The number of sulfonamides is 1. The van der Waals surface area contributed by atoms with Gasteiger partial charge in [-0.2, -0.15) is 0 Å². The number of amides is 1. The maximum absolute atomic E-state index is 12.7. The zero-order valence-electron chi connectivity index (χ0n) is 14.1. The molecule has 0 bridgehead atoms.